The second-order valence-corrected chi connectivity index (χ2v) is 6.41. The third kappa shape index (κ3) is 3.29. The molecule has 0 amide bonds. The molecular formula is C18H15F2NO2S. The van der Waals surface area contributed by atoms with Gasteiger partial charge in [-0.05, 0) is 48.4 Å². The lowest BCUT2D eigenvalue weighted by Crippen LogP contribution is -2.00. The molecule has 1 aromatic heterocycles. The molecule has 3 aromatic rings. The first-order valence-electron chi connectivity index (χ1n) is 7.26. The van der Waals surface area contributed by atoms with Crippen LogP contribution in [0, 0.1) is 18.7 Å². The minimum Gasteiger partial charge on any atom is -0.306 e. The molecule has 1 unspecified atom stereocenters. The number of hydrogen-bond donors (Lipinski definition) is 1. The van der Waals surface area contributed by atoms with E-state index in [-0.39, 0.29) is 11.6 Å². The van der Waals surface area contributed by atoms with Crippen molar-refractivity contribution in [2.75, 3.05) is 0 Å². The maximum Gasteiger partial charge on any atom is 0.201 e. The maximum atomic E-state index is 14.5. The monoisotopic (exact) mass is 347 g/mol. The van der Waals surface area contributed by atoms with E-state index in [1.54, 1.807) is 37.3 Å². The summed E-state index contributed by atoms with van der Waals surface area (Å²) in [6, 6.07) is 14.3. The number of nitrogens with zero attached hydrogens (tertiary/aromatic N) is 1. The molecule has 0 radical (unpaired) electrons. The van der Waals surface area contributed by atoms with Gasteiger partial charge in [0.15, 0.2) is 11.1 Å². The Balaban J connectivity index is 2.06. The van der Waals surface area contributed by atoms with Crippen LogP contribution in [0.15, 0.2) is 54.6 Å². The van der Waals surface area contributed by atoms with Crippen molar-refractivity contribution < 1.29 is 17.5 Å². The second-order valence-electron chi connectivity index (χ2n) is 5.48. The van der Waals surface area contributed by atoms with Crippen LogP contribution in [0.25, 0.3) is 16.9 Å². The van der Waals surface area contributed by atoms with E-state index in [9.17, 15) is 13.0 Å². The van der Waals surface area contributed by atoms with Gasteiger partial charge in [0.1, 0.15) is 5.82 Å². The summed E-state index contributed by atoms with van der Waals surface area (Å²) in [5.41, 5.74) is 3.12. The minimum atomic E-state index is -1.90. The molecule has 1 heterocycles. The highest BCUT2D eigenvalue weighted by atomic mass is 32.2. The lowest BCUT2D eigenvalue weighted by molar-refractivity contribution is 0.553. The summed E-state index contributed by atoms with van der Waals surface area (Å²) < 4.78 is 48.9. The van der Waals surface area contributed by atoms with Gasteiger partial charge in [0.25, 0.3) is 0 Å². The average Bonchev–Trinajstić information content (AvgIpc) is 2.84. The molecule has 0 saturated carbocycles. The molecule has 1 N–H and O–H groups in total. The van der Waals surface area contributed by atoms with E-state index < -0.39 is 17.0 Å². The Morgan fingerprint density at radius 3 is 2.25 bits per heavy atom. The molecule has 0 fully saturated rings. The zero-order valence-corrected chi connectivity index (χ0v) is 13.7. The number of aryl methyl sites for hydroxylation is 1. The van der Waals surface area contributed by atoms with Crippen molar-refractivity contribution in [2.24, 2.45) is 0 Å². The smallest absolute Gasteiger partial charge is 0.201 e. The third-order valence-corrected chi connectivity index (χ3v) is 4.32. The predicted molar refractivity (Wildman–Crippen MR) is 90.3 cm³/mol. The second kappa shape index (κ2) is 6.67. The van der Waals surface area contributed by atoms with Gasteiger partial charge in [-0.3, -0.25) is 4.57 Å². The lowest BCUT2D eigenvalue weighted by Gasteiger charge is -2.11. The molecule has 24 heavy (non-hydrogen) atoms. The van der Waals surface area contributed by atoms with Crippen molar-refractivity contribution in [3.8, 4) is 16.9 Å². The van der Waals surface area contributed by atoms with E-state index in [1.807, 2.05) is 0 Å². The molecule has 0 saturated heterocycles. The van der Waals surface area contributed by atoms with E-state index in [4.69, 9.17) is 4.55 Å². The van der Waals surface area contributed by atoms with Crippen molar-refractivity contribution in [3.05, 3.63) is 77.5 Å². The fourth-order valence-electron chi connectivity index (χ4n) is 2.58. The highest BCUT2D eigenvalue weighted by Gasteiger charge is 2.15. The van der Waals surface area contributed by atoms with Crippen LogP contribution in [-0.2, 0) is 16.8 Å². The first kappa shape index (κ1) is 16.5. The molecule has 0 aliphatic rings. The van der Waals surface area contributed by atoms with Crippen LogP contribution >= 0.6 is 0 Å². The largest absolute Gasteiger partial charge is 0.306 e. The van der Waals surface area contributed by atoms with Gasteiger partial charge in [-0.15, -0.1) is 0 Å². The number of benzene rings is 2. The Bertz CT molecular complexity index is 887. The van der Waals surface area contributed by atoms with Crippen LogP contribution in [0.3, 0.4) is 0 Å². The number of aromatic nitrogens is 1. The van der Waals surface area contributed by atoms with Gasteiger partial charge in [0, 0.05) is 11.3 Å². The molecule has 0 bridgehead atoms. The van der Waals surface area contributed by atoms with Crippen LogP contribution < -0.4 is 0 Å². The van der Waals surface area contributed by atoms with E-state index in [2.05, 4.69) is 0 Å². The fraction of sp³-hybridized carbons (Fsp3) is 0.111. The van der Waals surface area contributed by atoms with E-state index in [0.29, 0.717) is 16.9 Å². The normalized spacial score (nSPS) is 12.3. The third-order valence-electron chi connectivity index (χ3n) is 3.74. The van der Waals surface area contributed by atoms with Crippen molar-refractivity contribution in [1.29, 1.82) is 0 Å². The van der Waals surface area contributed by atoms with Gasteiger partial charge in [0.05, 0.1) is 11.4 Å². The van der Waals surface area contributed by atoms with Crippen molar-refractivity contribution in [2.45, 2.75) is 12.7 Å². The van der Waals surface area contributed by atoms with E-state index >= 15 is 0 Å². The average molecular weight is 347 g/mol. The van der Waals surface area contributed by atoms with E-state index in [0.717, 1.165) is 11.1 Å². The van der Waals surface area contributed by atoms with Crippen LogP contribution in [0.1, 0.15) is 11.1 Å². The molecule has 6 heteroatoms. The molecule has 0 spiro atoms. The summed E-state index contributed by atoms with van der Waals surface area (Å²) in [5.74, 6) is -0.741. The predicted octanol–water partition coefficient (Wildman–Crippen LogP) is 4.45. The van der Waals surface area contributed by atoms with Gasteiger partial charge in [0.2, 0.25) is 5.95 Å². The summed E-state index contributed by atoms with van der Waals surface area (Å²) in [6.07, 6.45) is 0. The molecule has 124 valence electrons. The first-order chi connectivity index (χ1) is 11.5. The van der Waals surface area contributed by atoms with Crippen molar-refractivity contribution >= 4 is 11.1 Å². The summed E-state index contributed by atoms with van der Waals surface area (Å²) in [4.78, 5) is 0. The Labute approximate surface area is 140 Å². The Morgan fingerprint density at radius 2 is 1.67 bits per heavy atom. The van der Waals surface area contributed by atoms with Crippen LogP contribution in [0.5, 0.6) is 0 Å². The van der Waals surface area contributed by atoms with Crippen molar-refractivity contribution in [3.63, 3.8) is 0 Å². The number of halogens is 2. The molecule has 0 aliphatic carbocycles. The summed E-state index contributed by atoms with van der Waals surface area (Å²) in [5, 5.41) is 0. The van der Waals surface area contributed by atoms with E-state index in [1.165, 1.54) is 28.8 Å². The van der Waals surface area contributed by atoms with Gasteiger partial charge < -0.3 is 4.55 Å². The van der Waals surface area contributed by atoms with Crippen LogP contribution in [0.2, 0.25) is 0 Å². The van der Waals surface area contributed by atoms with Gasteiger partial charge in [-0.25, -0.2) is 8.60 Å². The lowest BCUT2D eigenvalue weighted by atomic mass is 10.1. The minimum absolute atomic E-state index is 0.0483. The molecule has 2 aromatic carbocycles. The highest BCUT2D eigenvalue weighted by Crippen LogP contribution is 2.29. The zero-order chi connectivity index (χ0) is 17.3. The van der Waals surface area contributed by atoms with Gasteiger partial charge in [-0.2, -0.15) is 4.39 Å². The topological polar surface area (TPSA) is 42.2 Å². The summed E-state index contributed by atoms with van der Waals surface area (Å²) >= 11 is -1.90. The zero-order valence-electron chi connectivity index (χ0n) is 12.9. The van der Waals surface area contributed by atoms with Crippen LogP contribution in [0.4, 0.5) is 8.78 Å². The molecular weight excluding hydrogens is 332 g/mol. The Hall–Kier alpha value is -2.31. The summed E-state index contributed by atoms with van der Waals surface area (Å²) in [7, 11) is 0. The fourth-order valence-corrected chi connectivity index (χ4v) is 3.06. The number of hydrogen-bond acceptors (Lipinski definition) is 1. The van der Waals surface area contributed by atoms with Gasteiger partial charge >= 0.3 is 0 Å². The van der Waals surface area contributed by atoms with Crippen molar-refractivity contribution in [1.82, 2.24) is 4.57 Å². The number of rotatable bonds is 4. The molecule has 1 atom stereocenters. The standard InChI is InChI=1S/C18H15F2NO2S/c1-12-10-17(14-4-2-13(3-5-14)11-24(22)23)21(18(12)20)16-8-6-15(19)7-9-16/h2-10H,11H2,1H3,(H,22,23). The maximum absolute atomic E-state index is 14.5. The molecule has 3 rings (SSSR count). The highest BCUT2D eigenvalue weighted by molar-refractivity contribution is 7.78. The first-order valence-corrected chi connectivity index (χ1v) is 8.54. The summed E-state index contributed by atoms with van der Waals surface area (Å²) in [6.45, 7) is 1.67. The Morgan fingerprint density at radius 1 is 1.04 bits per heavy atom. The quantitative estimate of drug-likeness (QED) is 0.709. The van der Waals surface area contributed by atoms with Crippen LogP contribution in [-0.4, -0.2) is 13.3 Å². The Kier molecular flexibility index (Phi) is 4.59. The van der Waals surface area contributed by atoms with Gasteiger partial charge in [-0.1, -0.05) is 24.3 Å². The SMILES string of the molecule is Cc1cc(-c2ccc(CS(=O)O)cc2)n(-c2ccc(F)cc2)c1F. The molecule has 0 aliphatic heterocycles. The molecule has 3 nitrogen and oxygen atoms in total.